The van der Waals surface area contributed by atoms with Crippen LogP contribution in [0.3, 0.4) is 0 Å². The van der Waals surface area contributed by atoms with Gasteiger partial charge in [-0.3, -0.25) is 4.79 Å². The Bertz CT molecular complexity index is 569. The van der Waals surface area contributed by atoms with Crippen molar-refractivity contribution in [1.29, 1.82) is 0 Å². The van der Waals surface area contributed by atoms with Crippen LogP contribution in [0.2, 0.25) is 0 Å². The average Bonchev–Trinajstić information content (AvgIpc) is 2.54. The predicted octanol–water partition coefficient (Wildman–Crippen LogP) is 3.49. The van der Waals surface area contributed by atoms with Gasteiger partial charge in [0.1, 0.15) is 5.75 Å². The van der Waals surface area contributed by atoms with Crippen molar-refractivity contribution >= 4 is 17.7 Å². The van der Waals surface area contributed by atoms with E-state index in [4.69, 9.17) is 4.74 Å². The number of ether oxygens (including phenoxy) is 1. The second-order valence-corrected chi connectivity index (χ2v) is 5.52. The monoisotopic (exact) mass is 301 g/mol. The van der Waals surface area contributed by atoms with Crippen LogP contribution in [0, 0.1) is 0 Å². The van der Waals surface area contributed by atoms with Crippen molar-refractivity contribution in [3.8, 4) is 5.75 Å². The first-order chi connectivity index (χ1) is 10.2. The molecule has 0 bridgehead atoms. The largest absolute Gasteiger partial charge is 0.481 e. The Balaban J connectivity index is 1.83. The number of hydrogen-bond acceptors (Lipinski definition) is 3. The Kier molecular flexibility index (Phi) is 5.69. The maximum atomic E-state index is 12.0. The highest BCUT2D eigenvalue weighted by atomic mass is 32.2. The van der Waals surface area contributed by atoms with E-state index in [1.165, 1.54) is 4.90 Å². The van der Waals surface area contributed by atoms with Gasteiger partial charge in [-0.25, -0.2) is 0 Å². The van der Waals surface area contributed by atoms with Crippen molar-refractivity contribution in [3.05, 3.63) is 60.2 Å². The summed E-state index contributed by atoms with van der Waals surface area (Å²) in [6.07, 6.45) is 1.53. The highest BCUT2D eigenvalue weighted by Gasteiger charge is 2.13. The third-order valence-electron chi connectivity index (χ3n) is 3.05. The first-order valence-corrected chi connectivity index (χ1v) is 8.04. The van der Waals surface area contributed by atoms with Gasteiger partial charge in [0.05, 0.1) is 0 Å². The van der Waals surface area contributed by atoms with Crippen LogP contribution in [0.15, 0.2) is 59.5 Å². The lowest BCUT2D eigenvalue weighted by Crippen LogP contribution is -2.35. The Hall–Kier alpha value is -1.94. The summed E-state index contributed by atoms with van der Waals surface area (Å²) in [5.41, 5.74) is 1.08. The number of amides is 1. The topological polar surface area (TPSA) is 38.3 Å². The number of thioether (sulfide) groups is 1. The molecule has 0 fully saturated rings. The minimum atomic E-state index is -0.516. The van der Waals surface area contributed by atoms with Crippen molar-refractivity contribution in [3.63, 3.8) is 0 Å². The van der Waals surface area contributed by atoms with Gasteiger partial charge >= 0.3 is 0 Å². The third kappa shape index (κ3) is 4.83. The van der Waals surface area contributed by atoms with E-state index in [1.807, 2.05) is 48.7 Å². The fraction of sp³-hybridized carbons (Fsp3) is 0.235. The third-order valence-corrected chi connectivity index (χ3v) is 3.79. The number of benzene rings is 2. The van der Waals surface area contributed by atoms with Gasteiger partial charge in [-0.2, -0.15) is 0 Å². The standard InChI is InChI=1S/C17H19NO2S/c1-13(20-15-6-4-3-5-7-15)17(19)18-12-14-8-10-16(21-2)11-9-14/h3-11,13H,12H2,1-2H3,(H,18,19). The van der Waals surface area contributed by atoms with Crippen LogP contribution < -0.4 is 10.1 Å². The molecule has 0 aliphatic heterocycles. The van der Waals surface area contributed by atoms with E-state index in [9.17, 15) is 4.79 Å². The minimum absolute atomic E-state index is 0.118. The predicted molar refractivity (Wildman–Crippen MR) is 86.6 cm³/mol. The molecule has 4 heteroatoms. The van der Waals surface area contributed by atoms with Crippen molar-refractivity contribution in [1.82, 2.24) is 5.32 Å². The quantitative estimate of drug-likeness (QED) is 0.830. The van der Waals surface area contributed by atoms with Crippen LogP contribution in [0.25, 0.3) is 0 Å². The summed E-state index contributed by atoms with van der Waals surface area (Å²) in [6, 6.07) is 17.5. The Morgan fingerprint density at radius 1 is 1.14 bits per heavy atom. The zero-order valence-corrected chi connectivity index (χ0v) is 13.0. The zero-order chi connectivity index (χ0) is 15.1. The molecule has 3 nitrogen and oxygen atoms in total. The van der Waals surface area contributed by atoms with Crippen LogP contribution in [-0.4, -0.2) is 18.3 Å². The molecule has 1 unspecified atom stereocenters. The first-order valence-electron chi connectivity index (χ1n) is 6.81. The van der Waals surface area contributed by atoms with E-state index >= 15 is 0 Å². The Morgan fingerprint density at radius 2 is 1.81 bits per heavy atom. The number of carbonyl (C=O) groups is 1. The molecule has 0 saturated carbocycles. The Labute approximate surface area is 129 Å². The molecule has 2 aromatic rings. The van der Waals surface area contributed by atoms with E-state index in [2.05, 4.69) is 17.4 Å². The van der Waals surface area contributed by atoms with E-state index in [-0.39, 0.29) is 5.91 Å². The summed E-state index contributed by atoms with van der Waals surface area (Å²) in [4.78, 5) is 13.2. The van der Waals surface area contributed by atoms with E-state index in [0.29, 0.717) is 12.3 Å². The fourth-order valence-electron chi connectivity index (χ4n) is 1.83. The smallest absolute Gasteiger partial charge is 0.261 e. The molecule has 1 atom stereocenters. The van der Waals surface area contributed by atoms with Crippen LogP contribution >= 0.6 is 11.8 Å². The van der Waals surface area contributed by atoms with Gasteiger partial charge < -0.3 is 10.1 Å². The maximum absolute atomic E-state index is 12.0. The normalized spacial score (nSPS) is 11.7. The van der Waals surface area contributed by atoms with Gasteiger partial charge in [-0.05, 0) is 43.0 Å². The van der Waals surface area contributed by atoms with E-state index < -0.39 is 6.10 Å². The van der Waals surface area contributed by atoms with Crippen LogP contribution in [-0.2, 0) is 11.3 Å². The molecule has 0 aromatic heterocycles. The molecule has 0 aliphatic carbocycles. The summed E-state index contributed by atoms with van der Waals surface area (Å²) < 4.78 is 5.59. The molecule has 0 aliphatic rings. The van der Waals surface area contributed by atoms with Gasteiger partial charge in [-0.1, -0.05) is 30.3 Å². The first kappa shape index (κ1) is 15.4. The highest BCUT2D eigenvalue weighted by Crippen LogP contribution is 2.15. The number of nitrogens with one attached hydrogen (secondary N) is 1. The van der Waals surface area contributed by atoms with Gasteiger partial charge in [-0.15, -0.1) is 11.8 Å². The Morgan fingerprint density at radius 3 is 2.43 bits per heavy atom. The van der Waals surface area contributed by atoms with Crippen LogP contribution in [0.4, 0.5) is 0 Å². The van der Waals surface area contributed by atoms with Crippen molar-refractivity contribution in [2.45, 2.75) is 24.5 Å². The molecule has 2 aromatic carbocycles. The van der Waals surface area contributed by atoms with Gasteiger partial charge in [0, 0.05) is 11.4 Å². The zero-order valence-electron chi connectivity index (χ0n) is 12.2. The molecule has 0 radical (unpaired) electrons. The van der Waals surface area contributed by atoms with Gasteiger partial charge in [0.15, 0.2) is 6.10 Å². The highest BCUT2D eigenvalue weighted by molar-refractivity contribution is 7.98. The fourth-order valence-corrected chi connectivity index (χ4v) is 2.24. The minimum Gasteiger partial charge on any atom is -0.481 e. The molecule has 0 spiro atoms. The van der Waals surface area contributed by atoms with E-state index in [1.54, 1.807) is 18.7 Å². The second-order valence-electron chi connectivity index (χ2n) is 4.64. The molecule has 1 amide bonds. The summed E-state index contributed by atoms with van der Waals surface area (Å²) in [5, 5.41) is 2.89. The van der Waals surface area contributed by atoms with Crippen LogP contribution in [0.5, 0.6) is 5.75 Å². The number of para-hydroxylation sites is 1. The number of hydrogen-bond donors (Lipinski definition) is 1. The molecule has 110 valence electrons. The number of rotatable bonds is 6. The van der Waals surface area contributed by atoms with Crippen LogP contribution in [0.1, 0.15) is 12.5 Å². The lowest BCUT2D eigenvalue weighted by molar-refractivity contribution is -0.127. The second kappa shape index (κ2) is 7.74. The SMILES string of the molecule is CSc1ccc(CNC(=O)C(C)Oc2ccccc2)cc1. The summed E-state index contributed by atoms with van der Waals surface area (Å²) in [7, 11) is 0. The van der Waals surface area contributed by atoms with E-state index in [0.717, 1.165) is 5.56 Å². The summed E-state index contributed by atoms with van der Waals surface area (Å²) in [5.74, 6) is 0.581. The lowest BCUT2D eigenvalue weighted by atomic mass is 10.2. The molecular formula is C17H19NO2S. The maximum Gasteiger partial charge on any atom is 0.261 e. The molecular weight excluding hydrogens is 282 g/mol. The lowest BCUT2D eigenvalue weighted by Gasteiger charge is -2.14. The summed E-state index contributed by atoms with van der Waals surface area (Å²) >= 11 is 1.70. The molecule has 21 heavy (non-hydrogen) atoms. The molecule has 0 heterocycles. The molecule has 0 saturated heterocycles. The average molecular weight is 301 g/mol. The van der Waals surface area contributed by atoms with Gasteiger partial charge in [0.25, 0.3) is 5.91 Å². The van der Waals surface area contributed by atoms with Crippen molar-refractivity contribution < 1.29 is 9.53 Å². The van der Waals surface area contributed by atoms with Crippen molar-refractivity contribution in [2.75, 3.05) is 6.26 Å². The molecule has 2 rings (SSSR count). The van der Waals surface area contributed by atoms with Crippen molar-refractivity contribution in [2.24, 2.45) is 0 Å². The van der Waals surface area contributed by atoms with Gasteiger partial charge in [0.2, 0.25) is 0 Å². The number of carbonyl (C=O) groups excluding carboxylic acids is 1. The molecule has 1 N–H and O–H groups in total. The summed E-state index contributed by atoms with van der Waals surface area (Å²) in [6.45, 7) is 2.26.